The zero-order valence-corrected chi connectivity index (χ0v) is 13.8. The van der Waals surface area contributed by atoms with E-state index in [9.17, 15) is 0 Å². The molecule has 1 aliphatic rings. The monoisotopic (exact) mass is 268 g/mol. The van der Waals surface area contributed by atoms with Crippen LogP contribution >= 0.6 is 0 Å². The molecule has 1 saturated heterocycles. The van der Waals surface area contributed by atoms with Crippen molar-refractivity contribution in [2.24, 2.45) is 5.41 Å². The maximum atomic E-state index is 3.58. The van der Waals surface area contributed by atoms with Crippen LogP contribution in [-0.4, -0.2) is 37.1 Å². The highest BCUT2D eigenvalue weighted by molar-refractivity contribution is 4.85. The van der Waals surface area contributed by atoms with Gasteiger partial charge in [-0.2, -0.15) is 0 Å². The predicted octanol–water partition coefficient (Wildman–Crippen LogP) is 4.06. The lowest BCUT2D eigenvalue weighted by Gasteiger charge is -2.42. The fraction of sp³-hybridized carbons (Fsp3) is 1.00. The minimum atomic E-state index is 0.452. The van der Waals surface area contributed by atoms with Crippen LogP contribution in [0, 0.1) is 5.41 Å². The van der Waals surface area contributed by atoms with Gasteiger partial charge in [-0.3, -0.25) is 4.90 Å². The smallest absolute Gasteiger partial charge is 0.00954 e. The second-order valence-electron chi connectivity index (χ2n) is 6.75. The maximum Gasteiger partial charge on any atom is 0.00954 e. The van der Waals surface area contributed by atoms with Crippen molar-refractivity contribution < 1.29 is 0 Å². The lowest BCUT2D eigenvalue weighted by molar-refractivity contribution is 0.0773. The van der Waals surface area contributed by atoms with Crippen molar-refractivity contribution in [1.82, 2.24) is 10.2 Å². The fourth-order valence-corrected chi connectivity index (χ4v) is 3.67. The summed E-state index contributed by atoms with van der Waals surface area (Å²) in [5.74, 6) is 0. The van der Waals surface area contributed by atoms with E-state index in [0.717, 1.165) is 12.6 Å². The van der Waals surface area contributed by atoms with Crippen molar-refractivity contribution >= 4 is 0 Å². The molecule has 0 spiro atoms. The van der Waals surface area contributed by atoms with Gasteiger partial charge in [0.25, 0.3) is 0 Å². The van der Waals surface area contributed by atoms with Crippen LogP contribution in [0.5, 0.6) is 0 Å². The third-order valence-electron chi connectivity index (χ3n) is 4.61. The van der Waals surface area contributed by atoms with Crippen LogP contribution in [0.2, 0.25) is 0 Å². The van der Waals surface area contributed by atoms with Gasteiger partial charge in [0, 0.05) is 19.1 Å². The molecule has 0 bridgehead atoms. The molecular weight excluding hydrogens is 232 g/mol. The molecule has 2 unspecified atom stereocenters. The van der Waals surface area contributed by atoms with Gasteiger partial charge in [0.15, 0.2) is 0 Å². The van der Waals surface area contributed by atoms with Crippen LogP contribution in [0.3, 0.4) is 0 Å². The lowest BCUT2D eigenvalue weighted by atomic mass is 9.83. The fourth-order valence-electron chi connectivity index (χ4n) is 3.67. The molecule has 0 amide bonds. The molecule has 0 aromatic carbocycles. The van der Waals surface area contributed by atoms with Gasteiger partial charge in [-0.05, 0) is 44.2 Å². The number of nitrogens with zero attached hydrogens (tertiary/aromatic N) is 1. The SMILES string of the molecule is CCCC1CCCCN1CC(C)(CCC)CNCC. The second kappa shape index (κ2) is 8.97. The van der Waals surface area contributed by atoms with Crippen molar-refractivity contribution in [1.29, 1.82) is 0 Å². The molecule has 2 nitrogen and oxygen atoms in total. The number of likely N-dealkylation sites (tertiary alicyclic amines) is 1. The van der Waals surface area contributed by atoms with Crippen molar-refractivity contribution in [2.75, 3.05) is 26.2 Å². The molecule has 1 N–H and O–H groups in total. The molecule has 0 aromatic rings. The minimum Gasteiger partial charge on any atom is -0.316 e. The molecule has 2 heteroatoms. The summed E-state index contributed by atoms with van der Waals surface area (Å²) in [6.07, 6.45) is 9.64. The first-order chi connectivity index (χ1) is 9.15. The number of piperidine rings is 1. The summed E-state index contributed by atoms with van der Waals surface area (Å²) in [4.78, 5) is 2.81. The quantitative estimate of drug-likeness (QED) is 0.678. The average Bonchev–Trinajstić information content (AvgIpc) is 2.39. The van der Waals surface area contributed by atoms with Gasteiger partial charge >= 0.3 is 0 Å². The number of hydrogen-bond donors (Lipinski definition) is 1. The first-order valence-corrected chi connectivity index (χ1v) is 8.60. The lowest BCUT2D eigenvalue weighted by Crippen LogP contribution is -2.48. The van der Waals surface area contributed by atoms with E-state index in [1.54, 1.807) is 0 Å². The minimum absolute atomic E-state index is 0.452. The Morgan fingerprint density at radius 3 is 2.58 bits per heavy atom. The van der Waals surface area contributed by atoms with Crippen LogP contribution in [0.25, 0.3) is 0 Å². The van der Waals surface area contributed by atoms with E-state index in [2.05, 4.69) is 37.9 Å². The van der Waals surface area contributed by atoms with E-state index in [1.165, 1.54) is 64.6 Å². The van der Waals surface area contributed by atoms with E-state index < -0.39 is 0 Å². The number of rotatable bonds is 9. The Morgan fingerprint density at radius 1 is 1.16 bits per heavy atom. The topological polar surface area (TPSA) is 15.3 Å². The van der Waals surface area contributed by atoms with Gasteiger partial charge in [-0.25, -0.2) is 0 Å². The zero-order valence-electron chi connectivity index (χ0n) is 13.8. The zero-order chi connectivity index (χ0) is 14.1. The number of hydrogen-bond acceptors (Lipinski definition) is 2. The second-order valence-corrected chi connectivity index (χ2v) is 6.75. The maximum absolute atomic E-state index is 3.58. The molecule has 0 radical (unpaired) electrons. The molecule has 0 aliphatic carbocycles. The Kier molecular flexibility index (Phi) is 8.01. The summed E-state index contributed by atoms with van der Waals surface area (Å²) in [5, 5.41) is 3.58. The Balaban J connectivity index is 2.58. The molecule has 1 fully saturated rings. The molecule has 0 saturated carbocycles. The van der Waals surface area contributed by atoms with Gasteiger partial charge in [0.05, 0.1) is 0 Å². The van der Waals surface area contributed by atoms with Crippen molar-refractivity contribution in [3.05, 3.63) is 0 Å². The van der Waals surface area contributed by atoms with E-state index in [1.807, 2.05) is 0 Å². The number of nitrogens with one attached hydrogen (secondary N) is 1. The molecule has 114 valence electrons. The summed E-state index contributed by atoms with van der Waals surface area (Å²) >= 11 is 0. The average molecular weight is 268 g/mol. The van der Waals surface area contributed by atoms with Gasteiger partial charge < -0.3 is 5.32 Å². The van der Waals surface area contributed by atoms with Gasteiger partial charge in [-0.15, -0.1) is 0 Å². The molecule has 0 aromatic heterocycles. The van der Waals surface area contributed by atoms with Crippen LogP contribution in [0.15, 0.2) is 0 Å². The van der Waals surface area contributed by atoms with E-state index in [0.29, 0.717) is 5.41 Å². The molecule has 2 atom stereocenters. The Bertz CT molecular complexity index is 227. The Labute approximate surface area is 121 Å². The molecule has 1 rings (SSSR count). The van der Waals surface area contributed by atoms with E-state index >= 15 is 0 Å². The highest BCUT2D eigenvalue weighted by Crippen LogP contribution is 2.29. The van der Waals surface area contributed by atoms with Crippen molar-refractivity contribution in [2.45, 2.75) is 78.7 Å². The molecule has 1 heterocycles. The molecule has 19 heavy (non-hydrogen) atoms. The van der Waals surface area contributed by atoms with Gasteiger partial charge in [-0.1, -0.05) is 47.0 Å². The largest absolute Gasteiger partial charge is 0.316 e. The van der Waals surface area contributed by atoms with Crippen LogP contribution in [0.4, 0.5) is 0 Å². The molecule has 1 aliphatic heterocycles. The standard InChI is InChI=1S/C17H36N2/c1-5-10-16-11-8-9-13-19(16)15-17(4,12-6-2)14-18-7-3/h16,18H,5-15H2,1-4H3. The first-order valence-electron chi connectivity index (χ1n) is 8.60. The van der Waals surface area contributed by atoms with Crippen LogP contribution in [0.1, 0.15) is 72.6 Å². The summed E-state index contributed by atoms with van der Waals surface area (Å²) in [6.45, 7) is 14.2. The van der Waals surface area contributed by atoms with Crippen molar-refractivity contribution in [3.63, 3.8) is 0 Å². The predicted molar refractivity (Wildman–Crippen MR) is 85.7 cm³/mol. The summed E-state index contributed by atoms with van der Waals surface area (Å²) < 4.78 is 0. The summed E-state index contributed by atoms with van der Waals surface area (Å²) in [7, 11) is 0. The third-order valence-corrected chi connectivity index (χ3v) is 4.61. The van der Waals surface area contributed by atoms with Gasteiger partial charge in [0.2, 0.25) is 0 Å². The first kappa shape index (κ1) is 17.0. The highest BCUT2D eigenvalue weighted by Gasteiger charge is 2.30. The summed E-state index contributed by atoms with van der Waals surface area (Å²) in [5.41, 5.74) is 0.452. The molecular formula is C17H36N2. The third kappa shape index (κ3) is 5.83. The highest BCUT2D eigenvalue weighted by atomic mass is 15.2. The Hall–Kier alpha value is -0.0800. The van der Waals surface area contributed by atoms with E-state index in [4.69, 9.17) is 0 Å². The summed E-state index contributed by atoms with van der Waals surface area (Å²) in [6, 6.07) is 0.858. The van der Waals surface area contributed by atoms with E-state index in [-0.39, 0.29) is 0 Å². The Morgan fingerprint density at radius 2 is 1.95 bits per heavy atom. The van der Waals surface area contributed by atoms with Crippen molar-refractivity contribution in [3.8, 4) is 0 Å². The van der Waals surface area contributed by atoms with Crippen LogP contribution in [-0.2, 0) is 0 Å². The van der Waals surface area contributed by atoms with Crippen LogP contribution < -0.4 is 5.32 Å². The normalized spacial score (nSPS) is 24.3. The van der Waals surface area contributed by atoms with Gasteiger partial charge in [0.1, 0.15) is 0 Å².